The Hall–Kier alpha value is -1.10. The van der Waals surface area contributed by atoms with Crippen molar-refractivity contribution >= 4 is 11.9 Å². The molecule has 1 saturated carbocycles. The lowest BCUT2D eigenvalue weighted by Crippen LogP contribution is -2.45. The summed E-state index contributed by atoms with van der Waals surface area (Å²) < 4.78 is 0. The Kier molecular flexibility index (Phi) is 4.73. The fraction of sp³-hybridized carbons (Fsp3) is 0.818. The van der Waals surface area contributed by atoms with Gasteiger partial charge in [-0.1, -0.05) is 6.92 Å². The normalized spacial score (nSPS) is 17.2. The number of hydrogen-bond acceptors (Lipinski definition) is 3. The Morgan fingerprint density at radius 2 is 2.12 bits per heavy atom. The van der Waals surface area contributed by atoms with Gasteiger partial charge in [-0.05, 0) is 32.2 Å². The van der Waals surface area contributed by atoms with Gasteiger partial charge in [0.1, 0.15) is 6.04 Å². The molecule has 0 radical (unpaired) electrons. The highest BCUT2D eigenvalue weighted by atomic mass is 16.4. The third-order valence-electron chi connectivity index (χ3n) is 2.76. The summed E-state index contributed by atoms with van der Waals surface area (Å²) in [5.41, 5.74) is 0. The van der Waals surface area contributed by atoms with Crippen LogP contribution in [0.4, 0.5) is 0 Å². The van der Waals surface area contributed by atoms with E-state index in [1.165, 1.54) is 0 Å². The molecule has 92 valence electrons. The molecule has 0 aromatic carbocycles. The van der Waals surface area contributed by atoms with Crippen LogP contribution in [0.25, 0.3) is 0 Å². The highest BCUT2D eigenvalue weighted by Gasteiger charge is 2.39. The largest absolute Gasteiger partial charge is 0.480 e. The van der Waals surface area contributed by atoms with E-state index in [4.69, 9.17) is 5.11 Å². The molecule has 1 unspecified atom stereocenters. The van der Waals surface area contributed by atoms with Crippen molar-refractivity contribution in [1.82, 2.24) is 10.2 Å². The molecule has 0 spiro atoms. The van der Waals surface area contributed by atoms with Crippen LogP contribution in [0.3, 0.4) is 0 Å². The van der Waals surface area contributed by atoms with Crippen LogP contribution in [-0.4, -0.2) is 48.1 Å². The van der Waals surface area contributed by atoms with Crippen molar-refractivity contribution in [1.29, 1.82) is 0 Å². The lowest BCUT2D eigenvalue weighted by atomic mass is 10.1. The average Bonchev–Trinajstić information content (AvgIpc) is 2.98. The maximum atomic E-state index is 11.4. The van der Waals surface area contributed by atoms with Crippen LogP contribution in [0.1, 0.15) is 26.2 Å². The summed E-state index contributed by atoms with van der Waals surface area (Å²) in [5.74, 6) is -0.703. The number of carbonyl (C=O) groups is 2. The maximum absolute atomic E-state index is 11.4. The summed E-state index contributed by atoms with van der Waals surface area (Å²) >= 11 is 0. The van der Waals surface area contributed by atoms with Crippen LogP contribution in [0.2, 0.25) is 0 Å². The first-order valence-corrected chi connectivity index (χ1v) is 5.76. The molecule has 5 nitrogen and oxygen atoms in total. The predicted molar refractivity (Wildman–Crippen MR) is 60.1 cm³/mol. The molecule has 1 aliphatic carbocycles. The van der Waals surface area contributed by atoms with Gasteiger partial charge in [-0.15, -0.1) is 0 Å². The van der Waals surface area contributed by atoms with Crippen molar-refractivity contribution in [3.05, 3.63) is 0 Å². The molecular formula is C11H20N2O3. The van der Waals surface area contributed by atoms with Gasteiger partial charge < -0.3 is 10.4 Å². The van der Waals surface area contributed by atoms with Gasteiger partial charge in [0.25, 0.3) is 0 Å². The summed E-state index contributed by atoms with van der Waals surface area (Å²) in [4.78, 5) is 24.1. The van der Waals surface area contributed by atoms with Crippen molar-refractivity contribution in [2.75, 3.05) is 20.1 Å². The van der Waals surface area contributed by atoms with E-state index in [1.54, 1.807) is 11.9 Å². The van der Waals surface area contributed by atoms with Crippen molar-refractivity contribution in [3.8, 4) is 0 Å². The number of aliphatic carboxylic acids is 1. The highest BCUT2D eigenvalue weighted by molar-refractivity contribution is 5.80. The molecule has 1 amide bonds. The molecule has 1 fully saturated rings. The zero-order chi connectivity index (χ0) is 12.1. The number of nitrogens with zero attached hydrogens (tertiary/aromatic N) is 1. The van der Waals surface area contributed by atoms with E-state index < -0.39 is 12.0 Å². The standard InChI is InChI=1S/C11H20N2O3/c1-3-6-12-9(14)7-13(2)10(11(15)16)8-4-5-8/h8,10H,3-7H2,1-2H3,(H,12,14)(H,15,16). The Labute approximate surface area is 95.8 Å². The molecular weight excluding hydrogens is 208 g/mol. The van der Waals surface area contributed by atoms with E-state index in [2.05, 4.69) is 5.32 Å². The topological polar surface area (TPSA) is 69.6 Å². The molecule has 0 saturated heterocycles. The van der Waals surface area contributed by atoms with Crippen molar-refractivity contribution in [3.63, 3.8) is 0 Å². The summed E-state index contributed by atoms with van der Waals surface area (Å²) in [7, 11) is 1.70. The monoisotopic (exact) mass is 228 g/mol. The van der Waals surface area contributed by atoms with Gasteiger partial charge in [-0.25, -0.2) is 0 Å². The predicted octanol–water partition coefficient (Wildman–Crippen LogP) is 0.308. The first-order chi connectivity index (χ1) is 7.56. The number of amides is 1. The second-order valence-corrected chi connectivity index (χ2v) is 4.39. The Bertz CT molecular complexity index is 264. The van der Waals surface area contributed by atoms with Crippen LogP contribution in [-0.2, 0) is 9.59 Å². The van der Waals surface area contributed by atoms with E-state index in [1.807, 2.05) is 6.92 Å². The van der Waals surface area contributed by atoms with Crippen molar-refractivity contribution < 1.29 is 14.7 Å². The summed E-state index contributed by atoms with van der Waals surface area (Å²) in [6.07, 6.45) is 2.80. The third kappa shape index (κ3) is 3.81. The van der Waals surface area contributed by atoms with E-state index in [0.717, 1.165) is 19.3 Å². The lowest BCUT2D eigenvalue weighted by Gasteiger charge is -2.23. The second kappa shape index (κ2) is 5.84. The highest BCUT2D eigenvalue weighted by Crippen LogP contribution is 2.34. The van der Waals surface area contributed by atoms with Crippen molar-refractivity contribution in [2.24, 2.45) is 5.92 Å². The Balaban J connectivity index is 2.39. The lowest BCUT2D eigenvalue weighted by molar-refractivity contribution is -0.144. The smallest absolute Gasteiger partial charge is 0.321 e. The van der Waals surface area contributed by atoms with Gasteiger partial charge in [-0.3, -0.25) is 14.5 Å². The quantitative estimate of drug-likeness (QED) is 0.658. The molecule has 1 aliphatic rings. The minimum atomic E-state index is -0.826. The van der Waals surface area contributed by atoms with E-state index in [-0.39, 0.29) is 18.4 Å². The molecule has 1 atom stereocenters. The molecule has 16 heavy (non-hydrogen) atoms. The minimum Gasteiger partial charge on any atom is -0.480 e. The first-order valence-electron chi connectivity index (χ1n) is 5.76. The molecule has 0 aromatic heterocycles. The molecule has 2 N–H and O–H groups in total. The van der Waals surface area contributed by atoms with E-state index in [0.29, 0.717) is 6.54 Å². The molecule has 0 bridgehead atoms. The maximum Gasteiger partial charge on any atom is 0.321 e. The van der Waals surface area contributed by atoms with Gasteiger partial charge in [0.05, 0.1) is 6.54 Å². The van der Waals surface area contributed by atoms with Crippen LogP contribution >= 0.6 is 0 Å². The SMILES string of the molecule is CCCNC(=O)CN(C)C(C(=O)O)C1CC1. The minimum absolute atomic E-state index is 0.101. The number of hydrogen-bond donors (Lipinski definition) is 2. The van der Waals surface area contributed by atoms with Crippen LogP contribution in [0, 0.1) is 5.92 Å². The molecule has 0 aliphatic heterocycles. The van der Waals surface area contributed by atoms with Crippen LogP contribution in [0.5, 0.6) is 0 Å². The third-order valence-corrected chi connectivity index (χ3v) is 2.76. The molecule has 0 aromatic rings. The molecule has 5 heteroatoms. The van der Waals surface area contributed by atoms with Gasteiger partial charge in [0.2, 0.25) is 5.91 Å². The summed E-state index contributed by atoms with van der Waals surface area (Å²) in [6.45, 7) is 2.79. The average molecular weight is 228 g/mol. The van der Waals surface area contributed by atoms with Gasteiger partial charge in [0.15, 0.2) is 0 Å². The Morgan fingerprint density at radius 1 is 1.50 bits per heavy atom. The zero-order valence-corrected chi connectivity index (χ0v) is 9.90. The molecule has 0 heterocycles. The summed E-state index contributed by atoms with van der Waals surface area (Å²) in [5, 5.41) is 11.8. The van der Waals surface area contributed by atoms with Gasteiger partial charge in [-0.2, -0.15) is 0 Å². The fourth-order valence-corrected chi connectivity index (χ4v) is 1.81. The number of nitrogens with one attached hydrogen (secondary N) is 1. The zero-order valence-electron chi connectivity index (χ0n) is 9.90. The van der Waals surface area contributed by atoms with Crippen LogP contribution in [0.15, 0.2) is 0 Å². The van der Waals surface area contributed by atoms with Gasteiger partial charge >= 0.3 is 5.97 Å². The first kappa shape index (κ1) is 13.0. The fourth-order valence-electron chi connectivity index (χ4n) is 1.81. The number of rotatable bonds is 7. The second-order valence-electron chi connectivity index (χ2n) is 4.39. The van der Waals surface area contributed by atoms with Crippen LogP contribution < -0.4 is 5.32 Å². The van der Waals surface area contributed by atoms with Crippen molar-refractivity contribution in [2.45, 2.75) is 32.2 Å². The Morgan fingerprint density at radius 3 is 2.56 bits per heavy atom. The molecule has 1 rings (SSSR count). The van der Waals surface area contributed by atoms with E-state index in [9.17, 15) is 9.59 Å². The number of carboxylic acids is 1. The number of carboxylic acid groups (broad SMARTS) is 1. The summed E-state index contributed by atoms with van der Waals surface area (Å²) in [6, 6.07) is -0.507. The van der Waals surface area contributed by atoms with Gasteiger partial charge in [0, 0.05) is 6.54 Å². The number of likely N-dealkylation sites (N-methyl/N-ethyl adjacent to an activating group) is 1. The number of carbonyl (C=O) groups excluding carboxylic acids is 1. The van der Waals surface area contributed by atoms with E-state index >= 15 is 0 Å².